The molecule has 8 rings (SSSR count). The van der Waals surface area contributed by atoms with Crippen LogP contribution in [0.15, 0.2) is 152 Å². The average molecular weight is 581 g/mol. The highest BCUT2D eigenvalue weighted by Gasteiger charge is 2.17. The molecule has 2 aromatic heterocycles. The molecule has 45 heavy (non-hydrogen) atoms. The number of halogens is 1. The lowest BCUT2D eigenvalue weighted by atomic mass is 10.0. The van der Waals surface area contributed by atoms with Crippen LogP contribution in [0.25, 0.3) is 78.2 Å². The van der Waals surface area contributed by atoms with E-state index in [-0.39, 0.29) is 5.82 Å². The molecule has 5 heteroatoms. The largest absolute Gasteiger partial charge is 0.244 e. The number of hydrogen-bond acceptors (Lipinski definition) is 4. The van der Waals surface area contributed by atoms with Crippen molar-refractivity contribution < 1.29 is 4.39 Å². The summed E-state index contributed by atoms with van der Waals surface area (Å²) in [6, 6.07) is 48.9. The third kappa shape index (κ3) is 5.00. The Morgan fingerprint density at radius 1 is 0.311 bits per heavy atom. The van der Waals surface area contributed by atoms with Crippen LogP contribution in [0.4, 0.5) is 4.39 Å². The second-order valence-electron chi connectivity index (χ2n) is 10.8. The third-order valence-corrected chi connectivity index (χ3v) is 7.93. The van der Waals surface area contributed by atoms with Gasteiger partial charge in [0.05, 0.1) is 39.1 Å². The number of aromatic nitrogens is 4. The molecular weight excluding hydrogens is 555 g/mol. The molecule has 0 amide bonds. The zero-order chi connectivity index (χ0) is 30.2. The van der Waals surface area contributed by atoms with E-state index in [1.807, 2.05) is 97.1 Å². The molecule has 4 nitrogen and oxygen atoms in total. The highest BCUT2D eigenvalue weighted by Crippen LogP contribution is 2.35. The molecule has 2 heterocycles. The molecule has 0 radical (unpaired) electrons. The van der Waals surface area contributed by atoms with E-state index in [1.165, 1.54) is 6.07 Å². The van der Waals surface area contributed by atoms with Crippen molar-refractivity contribution in [1.82, 2.24) is 19.9 Å². The number of benzene rings is 6. The van der Waals surface area contributed by atoms with E-state index < -0.39 is 0 Å². The highest BCUT2D eigenvalue weighted by atomic mass is 19.1. The van der Waals surface area contributed by atoms with Crippen LogP contribution in [-0.2, 0) is 0 Å². The fourth-order valence-corrected chi connectivity index (χ4v) is 5.70. The van der Waals surface area contributed by atoms with Gasteiger partial charge in [-0.2, -0.15) is 0 Å². The van der Waals surface area contributed by atoms with Crippen molar-refractivity contribution in [2.45, 2.75) is 0 Å². The van der Waals surface area contributed by atoms with Gasteiger partial charge in [0.15, 0.2) is 0 Å². The molecule has 0 N–H and O–H groups in total. The molecule has 0 bridgehead atoms. The van der Waals surface area contributed by atoms with Crippen LogP contribution in [0.3, 0.4) is 0 Å². The summed E-state index contributed by atoms with van der Waals surface area (Å²) < 4.78 is 15.1. The topological polar surface area (TPSA) is 51.6 Å². The maximum absolute atomic E-state index is 15.1. The lowest BCUT2D eigenvalue weighted by molar-refractivity contribution is 0.631. The SMILES string of the molecule is Fc1ccccc1-c1nc2cc(-c3ccc4nc(-c5ccccc5)c(-c5ccccc5)nc4c3)ccc2nc1-c1ccccc1. The van der Waals surface area contributed by atoms with Crippen molar-refractivity contribution >= 4 is 22.1 Å². The maximum atomic E-state index is 15.1. The van der Waals surface area contributed by atoms with Gasteiger partial charge in [0, 0.05) is 22.3 Å². The first kappa shape index (κ1) is 26.5. The quantitative estimate of drug-likeness (QED) is 0.203. The molecule has 0 saturated heterocycles. The van der Waals surface area contributed by atoms with E-state index in [0.29, 0.717) is 22.5 Å². The number of hydrogen-bond donors (Lipinski definition) is 0. The van der Waals surface area contributed by atoms with Crippen molar-refractivity contribution in [2.75, 3.05) is 0 Å². The van der Waals surface area contributed by atoms with Crippen LogP contribution in [0.2, 0.25) is 0 Å². The fraction of sp³-hybridized carbons (Fsp3) is 0. The zero-order valence-electron chi connectivity index (χ0n) is 24.1. The Balaban J connectivity index is 1.28. The Morgan fingerprint density at radius 2 is 0.689 bits per heavy atom. The van der Waals surface area contributed by atoms with E-state index in [0.717, 1.165) is 55.8 Å². The summed E-state index contributed by atoms with van der Waals surface area (Å²) in [5.41, 5.74) is 11.1. The summed E-state index contributed by atoms with van der Waals surface area (Å²) in [7, 11) is 0. The summed E-state index contributed by atoms with van der Waals surface area (Å²) >= 11 is 0. The van der Waals surface area contributed by atoms with Crippen molar-refractivity contribution in [1.29, 1.82) is 0 Å². The van der Waals surface area contributed by atoms with Crippen LogP contribution in [-0.4, -0.2) is 19.9 Å². The molecule has 0 aliphatic heterocycles. The predicted molar refractivity (Wildman–Crippen MR) is 180 cm³/mol. The Labute approximate surface area is 259 Å². The van der Waals surface area contributed by atoms with Gasteiger partial charge in [-0.05, 0) is 47.5 Å². The second-order valence-corrected chi connectivity index (χ2v) is 10.8. The minimum Gasteiger partial charge on any atom is -0.244 e. The first-order valence-electron chi connectivity index (χ1n) is 14.8. The van der Waals surface area contributed by atoms with Gasteiger partial charge in [0.25, 0.3) is 0 Å². The van der Waals surface area contributed by atoms with Gasteiger partial charge in [-0.1, -0.05) is 115 Å². The fourth-order valence-electron chi connectivity index (χ4n) is 5.70. The van der Waals surface area contributed by atoms with Gasteiger partial charge in [-0.15, -0.1) is 0 Å². The van der Waals surface area contributed by atoms with E-state index >= 15 is 4.39 Å². The van der Waals surface area contributed by atoms with Gasteiger partial charge < -0.3 is 0 Å². The first-order valence-corrected chi connectivity index (χ1v) is 14.8. The summed E-state index contributed by atoms with van der Waals surface area (Å²) in [6.07, 6.45) is 0. The monoisotopic (exact) mass is 580 g/mol. The van der Waals surface area contributed by atoms with E-state index in [1.54, 1.807) is 12.1 Å². The van der Waals surface area contributed by atoms with Crippen LogP contribution in [0.5, 0.6) is 0 Å². The number of fused-ring (bicyclic) bond motifs is 2. The molecular formula is C40H25FN4. The Morgan fingerprint density at radius 3 is 1.16 bits per heavy atom. The van der Waals surface area contributed by atoms with Crippen LogP contribution in [0.1, 0.15) is 0 Å². The van der Waals surface area contributed by atoms with Crippen molar-refractivity contribution in [3.05, 3.63) is 157 Å². The normalized spacial score (nSPS) is 11.2. The number of rotatable bonds is 5. The van der Waals surface area contributed by atoms with Crippen LogP contribution in [0, 0.1) is 5.82 Å². The summed E-state index contributed by atoms with van der Waals surface area (Å²) in [5, 5.41) is 0. The van der Waals surface area contributed by atoms with Crippen molar-refractivity contribution in [3.63, 3.8) is 0 Å². The Kier molecular flexibility index (Phi) is 6.61. The van der Waals surface area contributed by atoms with Gasteiger partial charge >= 0.3 is 0 Å². The van der Waals surface area contributed by atoms with E-state index in [9.17, 15) is 0 Å². The standard InChI is InChI=1S/C40H25FN4/c41-32-19-11-10-18-31(32)40-39(28-16-8-3-9-17-28)43-34-23-21-30(25-36(34)45-40)29-20-22-33-35(24-29)44-38(27-14-6-2-7-15-27)37(42-33)26-12-4-1-5-13-26/h1-25H. The molecule has 0 saturated carbocycles. The summed E-state index contributed by atoms with van der Waals surface area (Å²) in [4.78, 5) is 20.2. The maximum Gasteiger partial charge on any atom is 0.132 e. The Bertz CT molecular complexity index is 2320. The Hall–Kier alpha value is -6.07. The van der Waals surface area contributed by atoms with Crippen molar-refractivity contribution in [3.8, 4) is 56.2 Å². The lowest BCUT2D eigenvalue weighted by Crippen LogP contribution is -1.98. The minimum atomic E-state index is -0.336. The van der Waals surface area contributed by atoms with Gasteiger partial charge in [0.1, 0.15) is 11.5 Å². The second kappa shape index (κ2) is 11.2. The molecule has 0 aliphatic rings. The first-order chi connectivity index (χ1) is 22.2. The van der Waals surface area contributed by atoms with Gasteiger partial charge in [-0.25, -0.2) is 24.3 Å². The lowest BCUT2D eigenvalue weighted by Gasteiger charge is -2.13. The molecule has 0 aliphatic carbocycles. The van der Waals surface area contributed by atoms with E-state index in [4.69, 9.17) is 19.9 Å². The van der Waals surface area contributed by atoms with Gasteiger partial charge in [0.2, 0.25) is 0 Å². The molecule has 0 unspecified atom stereocenters. The average Bonchev–Trinajstić information content (AvgIpc) is 3.11. The predicted octanol–water partition coefficient (Wildman–Crippen LogP) is 10.0. The minimum absolute atomic E-state index is 0.336. The molecule has 0 spiro atoms. The smallest absolute Gasteiger partial charge is 0.132 e. The molecule has 8 aromatic rings. The van der Waals surface area contributed by atoms with Crippen LogP contribution >= 0.6 is 0 Å². The molecule has 0 fully saturated rings. The van der Waals surface area contributed by atoms with E-state index in [2.05, 4.69) is 36.4 Å². The summed E-state index contributed by atoms with van der Waals surface area (Å²) in [5.74, 6) is -0.336. The third-order valence-electron chi connectivity index (χ3n) is 7.93. The van der Waals surface area contributed by atoms with Crippen LogP contribution < -0.4 is 0 Å². The van der Waals surface area contributed by atoms with Gasteiger partial charge in [-0.3, -0.25) is 0 Å². The molecule has 212 valence electrons. The molecule has 6 aromatic carbocycles. The summed E-state index contributed by atoms with van der Waals surface area (Å²) in [6.45, 7) is 0. The van der Waals surface area contributed by atoms with Crippen molar-refractivity contribution in [2.24, 2.45) is 0 Å². The zero-order valence-corrected chi connectivity index (χ0v) is 24.1. The highest BCUT2D eigenvalue weighted by molar-refractivity contribution is 5.92. The molecule has 0 atom stereocenters. The number of nitrogens with zero attached hydrogens (tertiary/aromatic N) is 4.